The monoisotopic (exact) mass is 349 g/mol. The van der Waals surface area contributed by atoms with Crippen LogP contribution in [-0.2, 0) is 14.3 Å². The van der Waals surface area contributed by atoms with Crippen LogP contribution in [0, 0.1) is 16.7 Å². The van der Waals surface area contributed by atoms with Crippen LogP contribution in [0.25, 0.3) is 0 Å². The first-order valence-electron chi connectivity index (χ1n) is 7.74. The summed E-state index contributed by atoms with van der Waals surface area (Å²) in [6.45, 7) is 8.41. The lowest BCUT2D eigenvalue weighted by molar-refractivity contribution is -0.135. The Labute approximate surface area is 146 Å². The molecule has 7 heteroatoms. The fraction of sp³-hybridized carbons (Fsp3) is 0.529. The van der Waals surface area contributed by atoms with Crippen LogP contribution < -0.4 is 0 Å². The Morgan fingerprint density at radius 3 is 2.62 bits per heavy atom. The Hall–Kier alpha value is -2.20. The molecule has 6 nitrogen and oxygen atoms in total. The van der Waals surface area contributed by atoms with Gasteiger partial charge in [-0.15, -0.1) is 0 Å². The number of esters is 1. The zero-order valence-corrected chi connectivity index (χ0v) is 15.4. The van der Waals surface area contributed by atoms with Gasteiger partial charge in [0.25, 0.3) is 5.91 Å². The first kappa shape index (κ1) is 19.8. The van der Waals surface area contributed by atoms with Crippen molar-refractivity contribution in [3.63, 3.8) is 0 Å². The summed E-state index contributed by atoms with van der Waals surface area (Å²) >= 11 is 1.42. The molecule has 1 heterocycles. The zero-order valence-electron chi connectivity index (χ0n) is 14.5. The van der Waals surface area contributed by atoms with Crippen molar-refractivity contribution < 1.29 is 14.3 Å². The number of hydrogen-bond donors (Lipinski definition) is 0. The molecule has 1 aromatic heterocycles. The number of carbonyl (C=O) groups excluding carboxylic acids is 2. The van der Waals surface area contributed by atoms with Gasteiger partial charge in [-0.05, 0) is 30.2 Å². The molecule has 1 aromatic rings. The lowest BCUT2D eigenvalue weighted by Crippen LogP contribution is -2.32. The maximum absolute atomic E-state index is 12.2. The summed E-state index contributed by atoms with van der Waals surface area (Å²) in [5.74, 6) is -1.01. The summed E-state index contributed by atoms with van der Waals surface area (Å²) in [7, 11) is 0. The van der Waals surface area contributed by atoms with Gasteiger partial charge in [-0.1, -0.05) is 20.8 Å². The van der Waals surface area contributed by atoms with E-state index in [1.165, 1.54) is 16.3 Å². The quantitative estimate of drug-likeness (QED) is 0.430. The third-order valence-corrected chi connectivity index (χ3v) is 3.76. The highest BCUT2D eigenvalue weighted by molar-refractivity contribution is 7.08. The number of rotatable bonds is 7. The zero-order chi connectivity index (χ0) is 18.2. The number of thiophene rings is 1. The summed E-state index contributed by atoms with van der Waals surface area (Å²) in [6.07, 6.45) is 0.404. The average Bonchev–Trinajstić information content (AvgIpc) is 3.00. The Morgan fingerprint density at radius 2 is 2.12 bits per heavy atom. The number of carbonyl (C=O) groups is 2. The van der Waals surface area contributed by atoms with E-state index in [2.05, 4.69) is 25.9 Å². The molecular weight excluding hydrogens is 326 g/mol. The molecule has 1 rings (SSSR count). The highest BCUT2D eigenvalue weighted by Gasteiger charge is 2.22. The third kappa shape index (κ3) is 6.50. The van der Waals surface area contributed by atoms with Crippen molar-refractivity contribution in [3.05, 3.63) is 22.4 Å². The molecule has 0 fully saturated rings. The van der Waals surface area contributed by atoms with E-state index in [9.17, 15) is 9.59 Å². The van der Waals surface area contributed by atoms with Crippen LogP contribution in [-0.4, -0.2) is 35.7 Å². The van der Waals surface area contributed by atoms with E-state index < -0.39 is 11.9 Å². The molecule has 0 aliphatic carbocycles. The lowest BCUT2D eigenvalue weighted by Gasteiger charge is -2.23. The number of hydrazone groups is 1. The summed E-state index contributed by atoms with van der Waals surface area (Å²) in [4.78, 5) is 24.4. The van der Waals surface area contributed by atoms with Gasteiger partial charge in [0.15, 0.2) is 5.71 Å². The average molecular weight is 349 g/mol. The smallest absolute Gasteiger partial charge is 0.359 e. The second-order valence-electron chi connectivity index (χ2n) is 6.34. The van der Waals surface area contributed by atoms with E-state index in [0.29, 0.717) is 18.5 Å². The van der Waals surface area contributed by atoms with Crippen LogP contribution in [0.15, 0.2) is 21.9 Å². The highest BCUT2D eigenvalue weighted by atomic mass is 32.1. The Morgan fingerprint density at radius 1 is 1.42 bits per heavy atom. The van der Waals surface area contributed by atoms with Crippen molar-refractivity contribution in [3.8, 4) is 6.07 Å². The molecule has 0 saturated carbocycles. The number of ether oxygens (including phenoxy) is 1. The Balaban J connectivity index is 3.15. The topological polar surface area (TPSA) is 82.8 Å². The van der Waals surface area contributed by atoms with Gasteiger partial charge in [-0.2, -0.15) is 21.7 Å². The first-order valence-corrected chi connectivity index (χ1v) is 8.68. The maximum Gasteiger partial charge on any atom is 0.359 e. The minimum Gasteiger partial charge on any atom is -0.461 e. The van der Waals surface area contributed by atoms with Gasteiger partial charge in [0.2, 0.25) is 0 Å². The molecule has 0 aliphatic heterocycles. The van der Waals surface area contributed by atoms with Crippen molar-refractivity contribution in [2.75, 3.05) is 13.2 Å². The largest absolute Gasteiger partial charge is 0.461 e. The second kappa shape index (κ2) is 9.18. The number of amides is 1. The molecule has 0 aliphatic rings. The van der Waals surface area contributed by atoms with Crippen molar-refractivity contribution in [2.45, 2.75) is 40.5 Å². The minimum absolute atomic E-state index is 0.00678. The molecular formula is C17H23N3O3S. The summed E-state index contributed by atoms with van der Waals surface area (Å²) in [5.41, 5.74) is 0.676. The highest BCUT2D eigenvalue weighted by Crippen LogP contribution is 2.20. The van der Waals surface area contributed by atoms with Crippen molar-refractivity contribution in [1.29, 1.82) is 5.26 Å². The maximum atomic E-state index is 12.2. The molecule has 0 spiro atoms. The molecule has 0 bridgehead atoms. The molecule has 0 unspecified atom stereocenters. The predicted octanol–water partition coefficient (Wildman–Crippen LogP) is 3.19. The van der Waals surface area contributed by atoms with Gasteiger partial charge >= 0.3 is 5.97 Å². The van der Waals surface area contributed by atoms with E-state index in [1.807, 2.05) is 11.4 Å². The van der Waals surface area contributed by atoms with E-state index in [0.717, 1.165) is 0 Å². The van der Waals surface area contributed by atoms with E-state index in [-0.39, 0.29) is 24.2 Å². The van der Waals surface area contributed by atoms with Crippen LogP contribution in [0.3, 0.4) is 0 Å². The van der Waals surface area contributed by atoms with Gasteiger partial charge < -0.3 is 4.74 Å². The molecule has 0 saturated heterocycles. The van der Waals surface area contributed by atoms with Crippen LogP contribution in [0.5, 0.6) is 0 Å². The van der Waals surface area contributed by atoms with Crippen molar-refractivity contribution >= 4 is 28.9 Å². The van der Waals surface area contributed by atoms with Crippen molar-refractivity contribution in [1.82, 2.24) is 5.01 Å². The SMILES string of the molecule is CCOC(=O)C(=NN(CCC(C)(C)C)C(=O)CC#N)c1ccsc1. The Bertz CT molecular complexity index is 624. The molecule has 1 amide bonds. The van der Waals surface area contributed by atoms with Gasteiger partial charge in [-0.25, -0.2) is 9.80 Å². The molecule has 0 N–H and O–H groups in total. The Kier molecular flexibility index (Phi) is 7.59. The summed E-state index contributed by atoms with van der Waals surface area (Å²) < 4.78 is 5.05. The normalized spacial score (nSPS) is 11.7. The standard InChI is InChI=1S/C17H23N3O3S/c1-5-23-16(22)15(13-7-11-24-12-13)19-20(14(21)6-9-18)10-8-17(2,3)4/h7,11-12H,5-6,8,10H2,1-4H3. The van der Waals surface area contributed by atoms with Crippen LogP contribution >= 0.6 is 11.3 Å². The van der Waals surface area contributed by atoms with Gasteiger partial charge in [-0.3, -0.25) is 4.79 Å². The number of hydrogen-bond acceptors (Lipinski definition) is 6. The number of nitriles is 1. The van der Waals surface area contributed by atoms with Crippen LogP contribution in [0.1, 0.15) is 46.1 Å². The van der Waals surface area contributed by atoms with Gasteiger partial charge in [0, 0.05) is 17.5 Å². The fourth-order valence-electron chi connectivity index (χ4n) is 1.77. The lowest BCUT2D eigenvalue weighted by atomic mass is 9.92. The molecule has 130 valence electrons. The number of nitrogens with zero attached hydrogens (tertiary/aromatic N) is 3. The van der Waals surface area contributed by atoms with Gasteiger partial charge in [0.05, 0.1) is 12.7 Å². The van der Waals surface area contributed by atoms with E-state index in [1.54, 1.807) is 18.4 Å². The second-order valence-corrected chi connectivity index (χ2v) is 7.12. The van der Waals surface area contributed by atoms with Crippen molar-refractivity contribution in [2.24, 2.45) is 10.5 Å². The molecule has 0 atom stereocenters. The first-order chi connectivity index (χ1) is 11.3. The van der Waals surface area contributed by atoms with E-state index >= 15 is 0 Å². The molecule has 0 aromatic carbocycles. The van der Waals surface area contributed by atoms with E-state index in [4.69, 9.17) is 10.00 Å². The summed E-state index contributed by atoms with van der Waals surface area (Å²) in [6, 6.07) is 3.58. The third-order valence-electron chi connectivity index (χ3n) is 3.08. The minimum atomic E-state index is -0.582. The predicted molar refractivity (Wildman–Crippen MR) is 93.5 cm³/mol. The van der Waals surface area contributed by atoms with Gasteiger partial charge in [0.1, 0.15) is 6.42 Å². The van der Waals surface area contributed by atoms with Crippen LogP contribution in [0.4, 0.5) is 0 Å². The molecule has 24 heavy (non-hydrogen) atoms. The van der Waals surface area contributed by atoms with Crippen LogP contribution in [0.2, 0.25) is 0 Å². The molecule has 0 radical (unpaired) electrons. The fourth-order valence-corrected chi connectivity index (χ4v) is 2.41. The summed E-state index contributed by atoms with van der Waals surface area (Å²) in [5, 5.41) is 17.8.